The average Bonchev–Trinajstić information content (AvgIpc) is 2.60. The molecule has 0 fully saturated rings. The summed E-state index contributed by atoms with van der Waals surface area (Å²) in [7, 11) is 0. The highest BCUT2D eigenvalue weighted by molar-refractivity contribution is 5.90. The molecule has 0 radical (unpaired) electrons. The lowest BCUT2D eigenvalue weighted by Gasteiger charge is -2.22. The number of nitrogens with one attached hydrogen (secondary N) is 1. The summed E-state index contributed by atoms with van der Waals surface area (Å²) in [5, 5.41) is 3.37. The molecule has 1 amide bonds. The number of nitrogens with zero attached hydrogens (tertiary/aromatic N) is 2. The van der Waals surface area contributed by atoms with Crippen molar-refractivity contribution in [2.24, 2.45) is 5.73 Å². The lowest BCUT2D eigenvalue weighted by molar-refractivity contribution is 0.0815. The van der Waals surface area contributed by atoms with Crippen LogP contribution >= 0.6 is 0 Å². The predicted octanol–water partition coefficient (Wildman–Crippen LogP) is 3.10. The van der Waals surface area contributed by atoms with Crippen molar-refractivity contribution in [3.05, 3.63) is 53.6 Å². The second kappa shape index (κ2) is 10.5. The molecule has 2 aromatic rings. The Morgan fingerprint density at radius 3 is 2.48 bits per heavy atom. The molecule has 0 atom stereocenters. The number of hydrogen-bond donors (Lipinski definition) is 2. The Bertz CT molecular complexity index is 719. The van der Waals surface area contributed by atoms with Crippen LogP contribution in [0.25, 0.3) is 0 Å². The normalized spacial score (nSPS) is 10.9. The molecule has 1 heterocycles. The van der Waals surface area contributed by atoms with Gasteiger partial charge in [0, 0.05) is 24.5 Å². The molecule has 148 valence electrons. The number of carbonyl (C=O) groups excluding carboxylic acids is 1. The first-order chi connectivity index (χ1) is 12.6. The van der Waals surface area contributed by atoms with Crippen molar-refractivity contribution in [1.82, 2.24) is 15.3 Å². The Balaban J connectivity index is 0.000000337. The Labute approximate surface area is 158 Å². The molecule has 27 heavy (non-hydrogen) atoms. The minimum Gasteiger partial charge on any atom is -0.487 e. The van der Waals surface area contributed by atoms with Crippen LogP contribution in [0, 0.1) is 6.92 Å². The van der Waals surface area contributed by atoms with Gasteiger partial charge in [0.15, 0.2) is 0 Å². The maximum Gasteiger partial charge on any atom is 0.272 e. The molecule has 3 N–H and O–H groups in total. The number of aromatic nitrogens is 2. The number of benzene rings is 1. The highest BCUT2D eigenvalue weighted by Crippen LogP contribution is 2.22. The van der Waals surface area contributed by atoms with E-state index in [0.717, 1.165) is 11.1 Å². The maximum atomic E-state index is 12.1. The van der Waals surface area contributed by atoms with Gasteiger partial charge >= 0.3 is 0 Å². The molecule has 0 unspecified atom stereocenters. The largest absolute Gasteiger partial charge is 0.487 e. The van der Waals surface area contributed by atoms with Crippen molar-refractivity contribution < 1.29 is 18.3 Å². The molecule has 0 aliphatic heterocycles. The fourth-order valence-electron chi connectivity index (χ4n) is 1.95. The van der Waals surface area contributed by atoms with Gasteiger partial charge in [0.1, 0.15) is 18.1 Å². The molecule has 2 rings (SSSR count). The van der Waals surface area contributed by atoms with Crippen LogP contribution in [0.15, 0.2) is 36.8 Å². The maximum absolute atomic E-state index is 12.1. The van der Waals surface area contributed by atoms with Gasteiger partial charge in [-0.25, -0.2) is 13.8 Å². The molecule has 0 aliphatic carbocycles. The molecular formula is C19H26F2N4O2. The van der Waals surface area contributed by atoms with E-state index in [1.54, 1.807) is 6.07 Å². The Kier molecular flexibility index (Phi) is 8.74. The third-order valence-corrected chi connectivity index (χ3v) is 3.39. The van der Waals surface area contributed by atoms with Gasteiger partial charge in [-0.15, -0.1) is 0 Å². The van der Waals surface area contributed by atoms with Crippen LogP contribution in [0.2, 0.25) is 0 Å². The topological polar surface area (TPSA) is 90.1 Å². The van der Waals surface area contributed by atoms with E-state index in [4.69, 9.17) is 10.5 Å². The van der Waals surface area contributed by atoms with Gasteiger partial charge in [-0.2, -0.15) is 0 Å². The summed E-state index contributed by atoms with van der Waals surface area (Å²) < 4.78 is 29.3. The zero-order valence-electron chi connectivity index (χ0n) is 16.0. The van der Waals surface area contributed by atoms with E-state index in [9.17, 15) is 13.6 Å². The van der Waals surface area contributed by atoms with Gasteiger partial charge in [-0.3, -0.25) is 9.78 Å². The van der Waals surface area contributed by atoms with Crippen LogP contribution < -0.4 is 15.8 Å². The lowest BCUT2D eigenvalue weighted by atomic mass is 10.0. The summed E-state index contributed by atoms with van der Waals surface area (Å²) in [4.78, 5) is 17.6. The Morgan fingerprint density at radius 1 is 1.30 bits per heavy atom. The fourth-order valence-corrected chi connectivity index (χ4v) is 1.95. The number of primary amides is 1. The molecule has 1 aromatic carbocycles. The summed E-state index contributed by atoms with van der Waals surface area (Å²) >= 11 is 0. The highest BCUT2D eigenvalue weighted by Gasteiger charge is 2.12. The summed E-state index contributed by atoms with van der Waals surface area (Å²) in [6, 6.07) is 5.52. The van der Waals surface area contributed by atoms with Crippen LogP contribution in [0.5, 0.6) is 5.75 Å². The molecule has 0 spiro atoms. The van der Waals surface area contributed by atoms with Crippen LogP contribution in [0.1, 0.15) is 42.4 Å². The zero-order chi connectivity index (χ0) is 20.4. The number of halogens is 2. The molecule has 6 nitrogen and oxygen atoms in total. The predicted molar refractivity (Wildman–Crippen MR) is 99.8 cm³/mol. The number of carbonyl (C=O) groups is 1. The number of alkyl halides is 2. The number of amides is 1. The van der Waals surface area contributed by atoms with Crippen molar-refractivity contribution >= 4 is 5.91 Å². The van der Waals surface area contributed by atoms with Gasteiger partial charge in [0.2, 0.25) is 0 Å². The minimum absolute atomic E-state index is 0.0201. The van der Waals surface area contributed by atoms with E-state index in [-0.39, 0.29) is 11.2 Å². The number of hydrogen-bond acceptors (Lipinski definition) is 5. The van der Waals surface area contributed by atoms with Crippen molar-refractivity contribution in [1.29, 1.82) is 0 Å². The smallest absolute Gasteiger partial charge is 0.272 e. The quantitative estimate of drug-likeness (QED) is 0.804. The van der Waals surface area contributed by atoms with Crippen LogP contribution in [-0.2, 0) is 6.54 Å². The van der Waals surface area contributed by atoms with Gasteiger partial charge in [0.25, 0.3) is 12.3 Å². The standard InChI is InChI=1S/C14H21F2NO.C5H5N3O/c1-10-11(8-17-14(2,3)4)6-5-7-12(10)18-9-13(15)16;6-5(9)4-3-7-1-2-8-4/h5-7,13,17H,8-9H2,1-4H3;1-3H,(H2,6,9). The third kappa shape index (κ3) is 9.05. The number of ether oxygens (including phenoxy) is 1. The third-order valence-electron chi connectivity index (χ3n) is 3.39. The Hall–Kier alpha value is -2.61. The van der Waals surface area contributed by atoms with E-state index >= 15 is 0 Å². The minimum atomic E-state index is -2.44. The molecule has 0 saturated carbocycles. The molecule has 1 aromatic heterocycles. The second-order valence-corrected chi connectivity index (χ2v) is 6.80. The number of rotatable bonds is 6. The first kappa shape index (κ1) is 22.4. The molecule has 0 bridgehead atoms. The lowest BCUT2D eigenvalue weighted by Crippen LogP contribution is -2.35. The van der Waals surface area contributed by atoms with E-state index < -0.39 is 18.9 Å². The monoisotopic (exact) mass is 380 g/mol. The summed E-state index contributed by atoms with van der Waals surface area (Å²) in [5.74, 6) is -0.0217. The van der Waals surface area contributed by atoms with Gasteiger partial charge < -0.3 is 15.8 Å². The van der Waals surface area contributed by atoms with Crippen molar-refractivity contribution in [3.63, 3.8) is 0 Å². The van der Waals surface area contributed by atoms with Gasteiger partial charge in [-0.1, -0.05) is 12.1 Å². The van der Waals surface area contributed by atoms with Gasteiger partial charge in [0.05, 0.1) is 6.20 Å². The first-order valence-corrected chi connectivity index (χ1v) is 8.40. The van der Waals surface area contributed by atoms with E-state index in [1.165, 1.54) is 18.6 Å². The fraction of sp³-hybridized carbons (Fsp3) is 0.421. The zero-order valence-corrected chi connectivity index (χ0v) is 16.0. The summed E-state index contributed by atoms with van der Waals surface area (Å²) in [6.45, 7) is 8.27. The second-order valence-electron chi connectivity index (χ2n) is 6.80. The van der Waals surface area contributed by atoms with Crippen molar-refractivity contribution in [2.75, 3.05) is 6.61 Å². The molecular weight excluding hydrogens is 354 g/mol. The summed E-state index contributed by atoms with van der Waals surface area (Å²) in [5.41, 5.74) is 7.06. The van der Waals surface area contributed by atoms with E-state index in [0.29, 0.717) is 12.3 Å². The SMILES string of the molecule is Cc1c(CNC(C)(C)C)cccc1OCC(F)F.NC(=O)c1cnccn1. The molecule has 8 heteroatoms. The van der Waals surface area contributed by atoms with E-state index in [2.05, 4.69) is 36.1 Å². The van der Waals surface area contributed by atoms with Crippen LogP contribution in [0.3, 0.4) is 0 Å². The highest BCUT2D eigenvalue weighted by atomic mass is 19.3. The summed E-state index contributed by atoms with van der Waals surface area (Å²) in [6.07, 6.45) is 1.77. The van der Waals surface area contributed by atoms with Crippen molar-refractivity contribution in [2.45, 2.75) is 46.2 Å². The molecule has 0 saturated heterocycles. The number of nitrogens with two attached hydrogens (primary N) is 1. The molecule has 0 aliphatic rings. The van der Waals surface area contributed by atoms with E-state index in [1.807, 2.05) is 19.1 Å². The van der Waals surface area contributed by atoms with Crippen LogP contribution in [0.4, 0.5) is 8.78 Å². The average molecular weight is 380 g/mol. The van der Waals surface area contributed by atoms with Gasteiger partial charge in [-0.05, 0) is 44.9 Å². The Morgan fingerprint density at radius 2 is 2.00 bits per heavy atom. The van der Waals surface area contributed by atoms with Crippen molar-refractivity contribution in [3.8, 4) is 5.75 Å². The first-order valence-electron chi connectivity index (χ1n) is 8.40. The van der Waals surface area contributed by atoms with Crippen LogP contribution in [-0.4, -0.2) is 34.4 Å².